The van der Waals surface area contributed by atoms with Crippen molar-refractivity contribution in [2.75, 3.05) is 60.7 Å². The maximum Gasteiger partial charge on any atom is 0.193 e. The molecule has 0 unspecified atom stereocenters. The van der Waals surface area contributed by atoms with E-state index in [0.717, 1.165) is 64.2 Å². The van der Waals surface area contributed by atoms with Crippen molar-refractivity contribution in [3.05, 3.63) is 0 Å². The van der Waals surface area contributed by atoms with Crippen molar-refractivity contribution in [3.8, 4) is 0 Å². The Morgan fingerprint density at radius 2 is 1.87 bits per heavy atom. The first kappa shape index (κ1) is 18.5. The average molecular weight is 327 g/mol. The molecule has 2 saturated heterocycles. The molecule has 0 atom stereocenters. The van der Waals surface area contributed by atoms with Crippen molar-refractivity contribution in [2.24, 2.45) is 10.9 Å². The summed E-state index contributed by atoms with van der Waals surface area (Å²) in [4.78, 5) is 6.64. The van der Waals surface area contributed by atoms with Gasteiger partial charge in [-0.2, -0.15) is 0 Å². The Labute approximate surface area is 140 Å². The SMILES string of the molecule is CN=C(NCC1(OC)CCOCC1)N(C)CCC1CCOCC1. The summed E-state index contributed by atoms with van der Waals surface area (Å²) in [5.74, 6) is 1.73. The van der Waals surface area contributed by atoms with Gasteiger partial charge in [0.15, 0.2) is 5.96 Å². The van der Waals surface area contributed by atoms with E-state index in [2.05, 4.69) is 22.3 Å². The van der Waals surface area contributed by atoms with Gasteiger partial charge in [0, 0.05) is 73.6 Å². The van der Waals surface area contributed by atoms with Crippen molar-refractivity contribution in [3.63, 3.8) is 0 Å². The number of rotatable bonds is 6. The zero-order valence-electron chi connectivity index (χ0n) is 15.0. The minimum atomic E-state index is -0.129. The highest BCUT2D eigenvalue weighted by atomic mass is 16.5. The molecule has 0 bridgehead atoms. The van der Waals surface area contributed by atoms with E-state index >= 15 is 0 Å². The van der Waals surface area contributed by atoms with E-state index in [4.69, 9.17) is 14.2 Å². The second kappa shape index (κ2) is 9.45. The Balaban J connectivity index is 1.76. The molecule has 0 aromatic heterocycles. The Bertz CT molecular complexity index is 364. The largest absolute Gasteiger partial charge is 0.381 e. The van der Waals surface area contributed by atoms with Crippen molar-refractivity contribution in [2.45, 2.75) is 37.7 Å². The number of ether oxygens (including phenoxy) is 3. The van der Waals surface area contributed by atoms with E-state index in [9.17, 15) is 0 Å². The van der Waals surface area contributed by atoms with Gasteiger partial charge in [-0.3, -0.25) is 4.99 Å². The van der Waals surface area contributed by atoms with E-state index in [0.29, 0.717) is 0 Å². The van der Waals surface area contributed by atoms with E-state index in [-0.39, 0.29) is 5.60 Å². The maximum atomic E-state index is 5.78. The number of nitrogens with zero attached hydrogens (tertiary/aromatic N) is 2. The maximum absolute atomic E-state index is 5.78. The third kappa shape index (κ3) is 5.62. The first-order valence-electron chi connectivity index (χ1n) is 8.81. The molecule has 0 saturated carbocycles. The molecular formula is C17H33N3O3. The van der Waals surface area contributed by atoms with Crippen LogP contribution in [0.5, 0.6) is 0 Å². The number of hydrogen-bond acceptors (Lipinski definition) is 4. The van der Waals surface area contributed by atoms with Gasteiger partial charge in [-0.1, -0.05) is 0 Å². The highest BCUT2D eigenvalue weighted by molar-refractivity contribution is 5.79. The molecule has 0 aromatic rings. The van der Waals surface area contributed by atoms with Crippen LogP contribution in [-0.2, 0) is 14.2 Å². The van der Waals surface area contributed by atoms with Gasteiger partial charge < -0.3 is 24.4 Å². The van der Waals surface area contributed by atoms with Gasteiger partial charge in [-0.25, -0.2) is 0 Å². The van der Waals surface area contributed by atoms with Gasteiger partial charge in [0.25, 0.3) is 0 Å². The third-order valence-electron chi connectivity index (χ3n) is 5.19. The summed E-state index contributed by atoms with van der Waals surface area (Å²) in [6.07, 6.45) is 5.43. The minimum absolute atomic E-state index is 0.129. The van der Waals surface area contributed by atoms with Crippen LogP contribution in [0.4, 0.5) is 0 Å². The quantitative estimate of drug-likeness (QED) is 0.592. The Morgan fingerprint density at radius 3 is 2.48 bits per heavy atom. The molecule has 0 amide bonds. The van der Waals surface area contributed by atoms with Crippen LogP contribution in [0.2, 0.25) is 0 Å². The van der Waals surface area contributed by atoms with Crippen molar-refractivity contribution < 1.29 is 14.2 Å². The van der Waals surface area contributed by atoms with Crippen molar-refractivity contribution >= 4 is 5.96 Å². The lowest BCUT2D eigenvalue weighted by Gasteiger charge is -2.37. The second-order valence-corrected chi connectivity index (χ2v) is 6.67. The summed E-state index contributed by atoms with van der Waals surface area (Å²) in [7, 11) is 5.75. The lowest BCUT2D eigenvalue weighted by Crippen LogP contribution is -2.51. The first-order chi connectivity index (χ1) is 11.2. The van der Waals surface area contributed by atoms with Gasteiger partial charge in [0.05, 0.1) is 5.60 Å². The molecule has 0 spiro atoms. The molecule has 0 radical (unpaired) electrons. The highest BCUT2D eigenvalue weighted by Crippen LogP contribution is 2.23. The molecule has 2 fully saturated rings. The summed E-state index contributed by atoms with van der Waals surface area (Å²) in [5, 5.41) is 3.49. The topological polar surface area (TPSA) is 55.3 Å². The molecule has 0 aliphatic carbocycles. The van der Waals surface area contributed by atoms with Crippen LogP contribution in [0.25, 0.3) is 0 Å². The lowest BCUT2D eigenvalue weighted by atomic mass is 9.94. The number of hydrogen-bond donors (Lipinski definition) is 1. The minimum Gasteiger partial charge on any atom is -0.381 e. The van der Waals surface area contributed by atoms with E-state index in [1.54, 1.807) is 7.11 Å². The summed E-state index contributed by atoms with van der Waals surface area (Å²) < 4.78 is 16.7. The van der Waals surface area contributed by atoms with Crippen LogP contribution in [0.3, 0.4) is 0 Å². The molecule has 2 aliphatic rings. The molecule has 6 nitrogen and oxygen atoms in total. The molecule has 0 aromatic carbocycles. The van der Waals surface area contributed by atoms with E-state index in [1.165, 1.54) is 19.3 Å². The Morgan fingerprint density at radius 1 is 1.22 bits per heavy atom. The van der Waals surface area contributed by atoms with E-state index in [1.807, 2.05) is 7.05 Å². The molecule has 6 heteroatoms. The fourth-order valence-corrected chi connectivity index (χ4v) is 3.34. The van der Waals surface area contributed by atoms with Gasteiger partial charge in [-0.15, -0.1) is 0 Å². The van der Waals surface area contributed by atoms with Crippen LogP contribution in [0, 0.1) is 5.92 Å². The monoisotopic (exact) mass is 327 g/mol. The van der Waals surface area contributed by atoms with Gasteiger partial charge >= 0.3 is 0 Å². The van der Waals surface area contributed by atoms with Crippen molar-refractivity contribution in [1.29, 1.82) is 0 Å². The van der Waals surface area contributed by atoms with Crippen LogP contribution in [-0.4, -0.2) is 77.2 Å². The standard InChI is InChI=1S/C17H33N3O3/c1-18-16(19-14-17(21-3)7-12-23-13-8-17)20(2)9-4-15-5-10-22-11-6-15/h15H,4-14H2,1-3H3,(H,18,19). The number of methoxy groups -OCH3 is 1. The predicted molar refractivity (Wildman–Crippen MR) is 91.9 cm³/mol. The van der Waals surface area contributed by atoms with Crippen LogP contribution in [0.1, 0.15) is 32.1 Å². The molecule has 134 valence electrons. The molecule has 23 heavy (non-hydrogen) atoms. The zero-order chi connectivity index (χ0) is 16.5. The van der Waals surface area contributed by atoms with Gasteiger partial charge in [-0.05, 0) is 25.2 Å². The summed E-state index contributed by atoms with van der Waals surface area (Å²) in [5.41, 5.74) is -0.129. The molecule has 2 rings (SSSR count). The zero-order valence-corrected chi connectivity index (χ0v) is 15.0. The molecule has 2 heterocycles. The lowest BCUT2D eigenvalue weighted by molar-refractivity contribution is -0.0857. The number of nitrogens with one attached hydrogen (secondary N) is 1. The molecule has 1 N–H and O–H groups in total. The number of guanidine groups is 1. The third-order valence-corrected chi connectivity index (χ3v) is 5.19. The second-order valence-electron chi connectivity index (χ2n) is 6.67. The fourth-order valence-electron chi connectivity index (χ4n) is 3.34. The normalized spacial score (nSPS) is 22.8. The predicted octanol–water partition coefficient (Wildman–Crippen LogP) is 1.51. The van der Waals surface area contributed by atoms with Crippen LogP contribution < -0.4 is 5.32 Å². The summed E-state index contributed by atoms with van der Waals surface area (Å²) in [6.45, 7) is 5.18. The van der Waals surface area contributed by atoms with Crippen molar-refractivity contribution in [1.82, 2.24) is 10.2 Å². The van der Waals surface area contributed by atoms with Crippen LogP contribution in [0.15, 0.2) is 4.99 Å². The fraction of sp³-hybridized carbons (Fsp3) is 0.941. The van der Waals surface area contributed by atoms with Gasteiger partial charge in [0.2, 0.25) is 0 Å². The molecule has 2 aliphatic heterocycles. The average Bonchev–Trinajstić information content (AvgIpc) is 2.62. The Kier molecular flexibility index (Phi) is 7.59. The van der Waals surface area contributed by atoms with E-state index < -0.39 is 0 Å². The van der Waals surface area contributed by atoms with Crippen LogP contribution >= 0.6 is 0 Å². The highest BCUT2D eigenvalue weighted by Gasteiger charge is 2.32. The smallest absolute Gasteiger partial charge is 0.193 e. The number of aliphatic imine (C=N–C) groups is 1. The summed E-state index contributed by atoms with van der Waals surface area (Å²) >= 11 is 0. The summed E-state index contributed by atoms with van der Waals surface area (Å²) in [6, 6.07) is 0. The van der Waals surface area contributed by atoms with Gasteiger partial charge in [0.1, 0.15) is 0 Å². The Hall–Kier alpha value is -0.850. The molecular weight excluding hydrogens is 294 g/mol. The first-order valence-corrected chi connectivity index (χ1v) is 8.81.